The number of carbonyl (C=O) groups excluding carboxylic acids is 2. The Morgan fingerprint density at radius 3 is 1.87 bits per heavy atom. The van der Waals surface area contributed by atoms with Crippen LogP contribution in [0, 0.1) is 0 Å². The quantitative estimate of drug-likeness (QED) is 0.0156. The molecule has 0 aliphatic carbocycles. The van der Waals surface area contributed by atoms with E-state index in [4.69, 9.17) is 24.8 Å². The number of rotatable bonds is 36. The lowest BCUT2D eigenvalue weighted by Crippen LogP contribution is -2.34. The summed E-state index contributed by atoms with van der Waals surface area (Å²) in [5, 5.41) is 19.1. The third kappa shape index (κ3) is 34.9. The summed E-state index contributed by atoms with van der Waals surface area (Å²) in [5.74, 6) is -2.61. The van der Waals surface area contributed by atoms with Gasteiger partial charge in [0.15, 0.2) is 6.10 Å². The van der Waals surface area contributed by atoms with E-state index in [0.29, 0.717) is 19.3 Å². The Kier molecular flexibility index (Phi) is 33.4. The van der Waals surface area contributed by atoms with Crippen LogP contribution < -0.4 is 5.73 Å². The number of aliphatic carboxylic acids is 1. The smallest absolute Gasteiger partial charge is 0.472 e. The zero-order valence-corrected chi connectivity index (χ0v) is 33.3. The van der Waals surface area contributed by atoms with Crippen LogP contribution in [-0.4, -0.2) is 71.1 Å². The fraction of sp³-hybridized carbons (Fsp3) is 0.725. The van der Waals surface area contributed by atoms with Crippen molar-refractivity contribution in [3.8, 4) is 0 Å². The highest BCUT2D eigenvalue weighted by Crippen LogP contribution is 2.43. The summed E-state index contributed by atoms with van der Waals surface area (Å²) in [4.78, 5) is 45.8. The Labute approximate surface area is 318 Å². The summed E-state index contributed by atoms with van der Waals surface area (Å²) < 4.78 is 32.4. The predicted octanol–water partition coefficient (Wildman–Crippen LogP) is 8.80. The van der Waals surface area contributed by atoms with Gasteiger partial charge in [0.2, 0.25) is 0 Å². The number of hydrogen-bond acceptors (Lipinski definition) is 10. The summed E-state index contributed by atoms with van der Waals surface area (Å²) in [6.45, 7) is 2.54. The monoisotopic (exact) mass is 771 g/mol. The number of phosphoric acid groups is 1. The van der Waals surface area contributed by atoms with Crippen molar-refractivity contribution in [2.75, 3.05) is 19.8 Å². The van der Waals surface area contributed by atoms with Crippen molar-refractivity contribution < 1.29 is 52.6 Å². The van der Waals surface area contributed by atoms with Crippen LogP contribution in [0.5, 0.6) is 0 Å². The number of ether oxygens (including phenoxy) is 2. The minimum Gasteiger partial charge on any atom is -0.480 e. The molecule has 0 aromatic carbocycles. The van der Waals surface area contributed by atoms with Gasteiger partial charge in [-0.1, -0.05) is 140 Å². The Morgan fingerprint density at radius 1 is 0.679 bits per heavy atom. The minimum atomic E-state index is -4.76. The van der Waals surface area contributed by atoms with Crippen molar-refractivity contribution in [3.05, 3.63) is 48.6 Å². The van der Waals surface area contributed by atoms with Gasteiger partial charge in [0.25, 0.3) is 0 Å². The molecule has 0 radical (unpaired) electrons. The first-order valence-electron chi connectivity index (χ1n) is 19.8. The highest BCUT2D eigenvalue weighted by Gasteiger charge is 2.28. The van der Waals surface area contributed by atoms with E-state index < -0.39 is 63.8 Å². The predicted molar refractivity (Wildman–Crippen MR) is 209 cm³/mol. The molecule has 1 unspecified atom stereocenters. The second kappa shape index (κ2) is 35.1. The van der Waals surface area contributed by atoms with Crippen LogP contribution in [0.2, 0.25) is 0 Å². The van der Waals surface area contributed by atoms with Gasteiger partial charge in [-0.15, -0.1) is 0 Å². The Balaban J connectivity index is 4.64. The molecule has 0 amide bonds. The molecule has 0 aliphatic rings. The first kappa shape index (κ1) is 50.4. The number of carbonyl (C=O) groups is 3. The van der Waals surface area contributed by atoms with E-state index in [1.165, 1.54) is 64.2 Å². The lowest BCUT2D eigenvalue weighted by Gasteiger charge is -2.20. The molecule has 0 spiro atoms. The standard InChI is InChI=1S/C40H70NO11P/c1-3-5-7-9-11-13-15-16-18-19-21-23-25-28-35(42)29-27-31-39(44)52-36(33-50-53(47,48)51-34-37(41)40(45)46)32-49-38(43)30-26-24-22-20-17-14-12-10-8-6-4-2/h11,13,16,18,21,23,25,28,35-37,42H,3-10,12,14-15,17,19-20,22,24,26-27,29-34,41H2,1-2H3,(H,45,46)(H,47,48)/b13-11-,18-16-,23-21-,28-25+/t35-,36+,37-/m0/s1. The minimum absolute atomic E-state index is 0.0669. The van der Waals surface area contributed by atoms with Gasteiger partial charge < -0.3 is 30.3 Å². The van der Waals surface area contributed by atoms with Gasteiger partial charge in [-0.05, 0) is 44.9 Å². The van der Waals surface area contributed by atoms with Crippen LogP contribution in [0.1, 0.15) is 149 Å². The number of aliphatic hydroxyl groups excluding tert-OH is 1. The largest absolute Gasteiger partial charge is 0.480 e. The zero-order valence-electron chi connectivity index (χ0n) is 32.5. The molecule has 0 bridgehead atoms. The number of unbranched alkanes of at least 4 members (excludes halogenated alkanes) is 13. The number of nitrogens with two attached hydrogens (primary N) is 1. The molecule has 0 rings (SSSR count). The maximum atomic E-state index is 12.6. The van der Waals surface area contributed by atoms with E-state index in [1.807, 2.05) is 12.2 Å². The fourth-order valence-corrected chi connectivity index (χ4v) is 5.77. The zero-order chi connectivity index (χ0) is 39.4. The van der Waals surface area contributed by atoms with Crippen molar-refractivity contribution in [1.29, 1.82) is 0 Å². The molecule has 53 heavy (non-hydrogen) atoms. The summed E-state index contributed by atoms with van der Waals surface area (Å²) in [5.41, 5.74) is 5.30. The number of aliphatic hydroxyl groups is 1. The third-order valence-corrected chi connectivity index (χ3v) is 9.13. The van der Waals surface area contributed by atoms with Crippen LogP contribution in [0.4, 0.5) is 0 Å². The second-order valence-corrected chi connectivity index (χ2v) is 14.7. The highest BCUT2D eigenvalue weighted by molar-refractivity contribution is 7.47. The molecule has 12 nitrogen and oxygen atoms in total. The lowest BCUT2D eigenvalue weighted by atomic mass is 10.1. The number of carboxylic acids is 1. The van der Waals surface area contributed by atoms with Gasteiger partial charge >= 0.3 is 25.7 Å². The van der Waals surface area contributed by atoms with E-state index in [2.05, 4.69) is 42.7 Å². The fourth-order valence-electron chi connectivity index (χ4n) is 4.99. The molecule has 0 heterocycles. The molecular weight excluding hydrogens is 701 g/mol. The van der Waals surface area contributed by atoms with Gasteiger partial charge in [-0.2, -0.15) is 0 Å². The van der Waals surface area contributed by atoms with Crippen molar-refractivity contribution in [2.45, 2.75) is 167 Å². The molecule has 0 saturated carbocycles. The highest BCUT2D eigenvalue weighted by atomic mass is 31.2. The Hall–Kier alpha value is -2.60. The van der Waals surface area contributed by atoms with Crippen LogP contribution in [0.25, 0.3) is 0 Å². The van der Waals surface area contributed by atoms with Crippen molar-refractivity contribution in [2.24, 2.45) is 5.73 Å². The third-order valence-electron chi connectivity index (χ3n) is 8.18. The van der Waals surface area contributed by atoms with E-state index in [9.17, 15) is 28.9 Å². The van der Waals surface area contributed by atoms with Crippen LogP contribution in [-0.2, 0) is 37.5 Å². The summed E-state index contributed by atoms with van der Waals surface area (Å²) in [6.07, 6.45) is 33.6. The van der Waals surface area contributed by atoms with Gasteiger partial charge in [0, 0.05) is 12.8 Å². The van der Waals surface area contributed by atoms with Gasteiger partial charge in [0.05, 0.1) is 19.3 Å². The van der Waals surface area contributed by atoms with Gasteiger partial charge in [0.1, 0.15) is 12.6 Å². The Morgan fingerprint density at radius 2 is 1.23 bits per heavy atom. The van der Waals surface area contributed by atoms with Crippen LogP contribution in [0.3, 0.4) is 0 Å². The van der Waals surface area contributed by atoms with E-state index in [0.717, 1.165) is 38.5 Å². The van der Waals surface area contributed by atoms with Gasteiger partial charge in [-0.3, -0.25) is 23.4 Å². The van der Waals surface area contributed by atoms with Crippen molar-refractivity contribution in [1.82, 2.24) is 0 Å². The average molecular weight is 772 g/mol. The Bertz CT molecular complexity index is 1110. The molecule has 0 fully saturated rings. The summed E-state index contributed by atoms with van der Waals surface area (Å²) in [6, 6.07) is -1.55. The number of allylic oxidation sites excluding steroid dienone is 7. The molecule has 0 aliphatic heterocycles. The molecule has 0 aromatic rings. The topological polar surface area (TPSA) is 192 Å². The molecule has 0 saturated heterocycles. The number of esters is 2. The number of carboxylic acid groups (broad SMARTS) is 1. The van der Waals surface area contributed by atoms with Crippen molar-refractivity contribution >= 4 is 25.7 Å². The number of phosphoric ester groups is 1. The molecular formula is C40H70NO11P. The maximum Gasteiger partial charge on any atom is 0.472 e. The van der Waals surface area contributed by atoms with Crippen LogP contribution in [0.15, 0.2) is 48.6 Å². The van der Waals surface area contributed by atoms with E-state index >= 15 is 0 Å². The lowest BCUT2D eigenvalue weighted by molar-refractivity contribution is -0.161. The summed E-state index contributed by atoms with van der Waals surface area (Å²) in [7, 11) is -4.76. The van der Waals surface area contributed by atoms with Crippen LogP contribution >= 0.6 is 7.82 Å². The van der Waals surface area contributed by atoms with Crippen molar-refractivity contribution in [3.63, 3.8) is 0 Å². The summed E-state index contributed by atoms with van der Waals surface area (Å²) >= 11 is 0. The molecule has 306 valence electrons. The first-order valence-corrected chi connectivity index (χ1v) is 21.3. The second-order valence-electron chi connectivity index (χ2n) is 13.3. The van der Waals surface area contributed by atoms with E-state index in [-0.39, 0.29) is 12.8 Å². The molecule has 13 heteroatoms. The molecule has 0 aromatic heterocycles. The first-order chi connectivity index (χ1) is 25.5. The van der Waals surface area contributed by atoms with E-state index in [1.54, 1.807) is 12.2 Å². The normalized spacial score (nSPS) is 15.0. The molecule has 4 atom stereocenters. The maximum absolute atomic E-state index is 12.6. The average Bonchev–Trinajstić information content (AvgIpc) is 3.12. The van der Waals surface area contributed by atoms with Gasteiger partial charge in [-0.25, -0.2) is 4.57 Å². The number of hydrogen-bond donors (Lipinski definition) is 4. The SMILES string of the molecule is CCCCC/C=C\C/C=C\C/C=C\C=C\[C@H](O)CCCC(=O)O[C@H](COC(=O)CCCCCCCCCCCCC)COP(=O)(O)OC[C@H](N)C(=O)O. The molecule has 5 N–H and O–H groups in total.